The predicted octanol–water partition coefficient (Wildman–Crippen LogP) is 6.26. The Morgan fingerprint density at radius 2 is 1.70 bits per heavy atom. The van der Waals surface area contributed by atoms with Crippen LogP contribution >= 0.6 is 22.9 Å². The van der Waals surface area contributed by atoms with Gasteiger partial charge in [-0.3, -0.25) is 0 Å². The monoisotopic (exact) mass is 482 g/mol. The van der Waals surface area contributed by atoms with E-state index in [1.807, 2.05) is 12.1 Å². The minimum Gasteiger partial charge on any atom is -0.493 e. The first-order chi connectivity index (χ1) is 15.9. The molecule has 4 aromatic rings. The number of nitrogens with zero attached hydrogens (tertiary/aromatic N) is 3. The van der Waals surface area contributed by atoms with E-state index in [0.717, 1.165) is 17.3 Å². The van der Waals surface area contributed by atoms with Crippen molar-refractivity contribution in [2.24, 2.45) is 0 Å². The third-order valence-corrected chi connectivity index (χ3v) is 7.00. The van der Waals surface area contributed by atoms with Crippen LogP contribution in [0.25, 0.3) is 21.2 Å². The summed E-state index contributed by atoms with van der Waals surface area (Å²) in [5.41, 5.74) is 2.58. The third kappa shape index (κ3) is 4.90. The van der Waals surface area contributed by atoms with E-state index >= 15 is 0 Å². The number of halogens is 1. The van der Waals surface area contributed by atoms with Gasteiger partial charge in [0.1, 0.15) is 0 Å². The number of nitrogens with one attached hydrogen (secondary N) is 1. The van der Waals surface area contributed by atoms with Gasteiger partial charge < -0.3 is 19.7 Å². The molecule has 0 amide bonds. The van der Waals surface area contributed by atoms with E-state index in [-0.39, 0.29) is 6.04 Å². The number of aromatic nitrogens is 2. The lowest BCUT2D eigenvalue weighted by molar-refractivity contribution is 0.356. The molecule has 4 rings (SSSR count). The summed E-state index contributed by atoms with van der Waals surface area (Å²) in [6.07, 6.45) is 0. The topological polar surface area (TPSA) is 59.5 Å². The van der Waals surface area contributed by atoms with Crippen molar-refractivity contribution in [1.29, 1.82) is 0 Å². The lowest BCUT2D eigenvalue weighted by Crippen LogP contribution is -2.11. The van der Waals surface area contributed by atoms with Crippen molar-refractivity contribution in [1.82, 2.24) is 15.1 Å². The van der Waals surface area contributed by atoms with Crippen LogP contribution in [0.5, 0.6) is 11.5 Å². The molecule has 0 unspecified atom stereocenters. The summed E-state index contributed by atoms with van der Waals surface area (Å²) < 4.78 is 10.9. The van der Waals surface area contributed by atoms with Crippen LogP contribution < -0.4 is 14.8 Å². The minimum absolute atomic E-state index is 0.0246. The Bertz CT molecular complexity index is 1270. The average molecular weight is 483 g/mol. The summed E-state index contributed by atoms with van der Waals surface area (Å²) in [5, 5.41) is 13.9. The molecule has 172 valence electrons. The molecule has 1 atom stereocenters. The second kappa shape index (κ2) is 9.95. The zero-order chi connectivity index (χ0) is 23.5. The first-order valence-corrected chi connectivity index (χ1v) is 11.8. The van der Waals surface area contributed by atoms with Gasteiger partial charge in [0.15, 0.2) is 22.5 Å². The Morgan fingerprint density at radius 3 is 2.39 bits per heavy atom. The van der Waals surface area contributed by atoms with Gasteiger partial charge in [-0.15, -0.1) is 21.5 Å². The van der Waals surface area contributed by atoms with Crippen LogP contribution in [0.3, 0.4) is 0 Å². The molecule has 0 spiro atoms. The van der Waals surface area contributed by atoms with Crippen molar-refractivity contribution in [2.75, 3.05) is 33.6 Å². The zero-order valence-corrected chi connectivity index (χ0v) is 20.9. The molecule has 2 aromatic heterocycles. The van der Waals surface area contributed by atoms with Crippen LogP contribution in [-0.4, -0.2) is 43.4 Å². The number of anilines is 1. The summed E-state index contributed by atoms with van der Waals surface area (Å²) in [7, 11) is 7.38. The Balaban J connectivity index is 1.65. The van der Waals surface area contributed by atoms with Gasteiger partial charge >= 0.3 is 0 Å². The Labute approximate surface area is 203 Å². The lowest BCUT2D eigenvalue weighted by Gasteiger charge is -2.16. The number of thiophene rings is 1. The highest BCUT2D eigenvalue weighted by molar-refractivity contribution is 7.15. The summed E-state index contributed by atoms with van der Waals surface area (Å²) >= 11 is 8.11. The molecule has 0 aliphatic heterocycles. The highest BCUT2D eigenvalue weighted by Gasteiger charge is 2.17. The molecule has 0 aliphatic carbocycles. The normalized spacial score (nSPS) is 12.2. The molecule has 2 heterocycles. The summed E-state index contributed by atoms with van der Waals surface area (Å²) in [6.45, 7) is 3.01. The largest absolute Gasteiger partial charge is 0.493 e. The van der Waals surface area contributed by atoms with E-state index in [4.69, 9.17) is 21.1 Å². The van der Waals surface area contributed by atoms with Crippen molar-refractivity contribution in [3.05, 3.63) is 64.1 Å². The van der Waals surface area contributed by atoms with Crippen LogP contribution in [0.4, 0.5) is 5.82 Å². The van der Waals surface area contributed by atoms with Gasteiger partial charge in [0, 0.05) is 27.1 Å². The molecule has 8 heteroatoms. The van der Waals surface area contributed by atoms with Gasteiger partial charge in [-0.1, -0.05) is 35.9 Å². The van der Waals surface area contributed by atoms with Crippen LogP contribution in [-0.2, 0) is 6.54 Å². The van der Waals surface area contributed by atoms with E-state index in [1.54, 1.807) is 25.6 Å². The number of fused-ring (bicyclic) bond motifs is 1. The summed E-state index contributed by atoms with van der Waals surface area (Å²) in [6, 6.07) is 16.6. The number of ether oxygens (including phenoxy) is 2. The molecule has 0 bridgehead atoms. The quantitative estimate of drug-likeness (QED) is 0.319. The number of methoxy groups -OCH3 is 2. The smallest absolute Gasteiger partial charge is 0.161 e. The van der Waals surface area contributed by atoms with Crippen molar-refractivity contribution >= 4 is 39.5 Å². The van der Waals surface area contributed by atoms with Crippen LogP contribution in [0.15, 0.2) is 48.5 Å². The molecule has 33 heavy (non-hydrogen) atoms. The van der Waals surface area contributed by atoms with Crippen molar-refractivity contribution in [2.45, 2.75) is 19.5 Å². The zero-order valence-electron chi connectivity index (χ0n) is 19.3. The molecule has 0 radical (unpaired) electrons. The molecule has 0 saturated carbocycles. The molecule has 0 saturated heterocycles. The molecule has 6 nitrogen and oxygen atoms in total. The lowest BCUT2D eigenvalue weighted by atomic mass is 10.1. The number of benzene rings is 2. The number of hydrogen-bond acceptors (Lipinski definition) is 7. The second-order valence-electron chi connectivity index (χ2n) is 8.06. The van der Waals surface area contributed by atoms with E-state index in [9.17, 15) is 0 Å². The van der Waals surface area contributed by atoms with E-state index in [1.165, 1.54) is 20.9 Å². The highest BCUT2D eigenvalue weighted by Crippen LogP contribution is 2.39. The fourth-order valence-corrected chi connectivity index (χ4v) is 5.06. The summed E-state index contributed by atoms with van der Waals surface area (Å²) in [4.78, 5) is 4.63. The van der Waals surface area contributed by atoms with Gasteiger partial charge in [0.25, 0.3) is 0 Å². The minimum atomic E-state index is 0.0246. The number of rotatable bonds is 8. The van der Waals surface area contributed by atoms with Crippen LogP contribution in [0, 0.1) is 0 Å². The fourth-order valence-electron chi connectivity index (χ4n) is 3.80. The van der Waals surface area contributed by atoms with Crippen molar-refractivity contribution in [3.8, 4) is 21.9 Å². The van der Waals surface area contributed by atoms with Gasteiger partial charge in [-0.05, 0) is 56.4 Å². The molecule has 1 N–H and O–H groups in total. The fraction of sp³-hybridized carbons (Fsp3) is 0.280. The summed E-state index contributed by atoms with van der Waals surface area (Å²) in [5.74, 6) is 1.85. The molecule has 2 aromatic carbocycles. The van der Waals surface area contributed by atoms with E-state index in [0.29, 0.717) is 22.5 Å². The first-order valence-electron chi connectivity index (χ1n) is 10.6. The SMILES string of the molecule is COc1cc2c(Cl)nnc(N[C@H](C)c3ccc(-c4ccccc4CN(C)C)s3)c2cc1OC. The maximum absolute atomic E-state index is 6.33. The second-order valence-corrected chi connectivity index (χ2v) is 9.53. The molecular formula is C25H27ClN4O2S. The highest BCUT2D eigenvalue weighted by atomic mass is 35.5. The molecular weight excluding hydrogens is 456 g/mol. The van der Waals surface area contributed by atoms with Gasteiger partial charge in [-0.2, -0.15) is 0 Å². The Kier molecular flexibility index (Phi) is 7.02. The maximum Gasteiger partial charge on any atom is 0.161 e. The average Bonchev–Trinajstić information content (AvgIpc) is 3.30. The van der Waals surface area contributed by atoms with E-state index < -0.39 is 0 Å². The first kappa shape index (κ1) is 23.3. The van der Waals surface area contributed by atoms with Crippen LogP contribution in [0.2, 0.25) is 5.15 Å². The van der Waals surface area contributed by atoms with E-state index in [2.05, 4.69) is 77.8 Å². The predicted molar refractivity (Wildman–Crippen MR) is 137 cm³/mol. The van der Waals surface area contributed by atoms with Crippen molar-refractivity contribution < 1.29 is 9.47 Å². The van der Waals surface area contributed by atoms with Crippen molar-refractivity contribution in [3.63, 3.8) is 0 Å². The van der Waals surface area contributed by atoms with Gasteiger partial charge in [0.05, 0.1) is 20.3 Å². The van der Waals surface area contributed by atoms with Gasteiger partial charge in [-0.25, -0.2) is 0 Å². The Hall–Kier alpha value is -2.87. The van der Waals surface area contributed by atoms with Gasteiger partial charge in [0.2, 0.25) is 0 Å². The molecule has 0 fully saturated rings. The van der Waals surface area contributed by atoms with Crippen LogP contribution in [0.1, 0.15) is 23.4 Å². The standard InChI is InChI=1S/C25H27ClN4O2S/c1-15(22-10-11-23(33-22)17-9-7-6-8-16(17)14-30(2)3)27-25-19-13-21(32-5)20(31-4)12-18(19)24(26)28-29-25/h6-13,15H,14H2,1-5H3,(H,27,29)/t15-/m1/s1. The maximum atomic E-state index is 6.33. The molecule has 0 aliphatic rings. The Morgan fingerprint density at radius 1 is 1.00 bits per heavy atom. The number of hydrogen-bond donors (Lipinski definition) is 1. The third-order valence-electron chi connectivity index (χ3n) is 5.42.